The molecule has 0 unspecified atom stereocenters. The number of fused-ring (bicyclic) bond motifs is 1. The highest BCUT2D eigenvalue weighted by molar-refractivity contribution is 7.17. The van der Waals surface area contributed by atoms with Gasteiger partial charge in [0.15, 0.2) is 5.82 Å². The van der Waals surface area contributed by atoms with Crippen LogP contribution in [0.5, 0.6) is 0 Å². The fraction of sp³-hybridized carbons (Fsp3) is 0.353. The van der Waals surface area contributed by atoms with Crippen LogP contribution in [0.3, 0.4) is 0 Å². The highest BCUT2D eigenvalue weighted by Gasteiger charge is 2.18. The van der Waals surface area contributed by atoms with Gasteiger partial charge in [-0.25, -0.2) is 0 Å². The van der Waals surface area contributed by atoms with E-state index in [1.165, 1.54) is 11.1 Å². The third-order valence-corrected chi connectivity index (χ3v) is 5.37. The molecule has 0 radical (unpaired) electrons. The smallest absolute Gasteiger partial charge is 0.235 e. The highest BCUT2D eigenvalue weighted by atomic mass is 32.1. The molecule has 0 saturated heterocycles. The van der Waals surface area contributed by atoms with Gasteiger partial charge in [0.1, 0.15) is 5.01 Å². The van der Waals surface area contributed by atoms with Crippen molar-refractivity contribution in [1.82, 2.24) is 24.7 Å². The second-order valence-electron chi connectivity index (χ2n) is 5.81. The molecule has 0 saturated carbocycles. The molecule has 23 heavy (non-hydrogen) atoms. The van der Waals surface area contributed by atoms with Gasteiger partial charge in [0.05, 0.1) is 0 Å². The van der Waals surface area contributed by atoms with Crippen LogP contribution in [-0.2, 0) is 0 Å². The highest BCUT2D eigenvalue weighted by Crippen LogP contribution is 2.29. The lowest BCUT2D eigenvalue weighted by Crippen LogP contribution is -2.28. The lowest BCUT2D eigenvalue weighted by Gasteiger charge is -2.23. The third kappa shape index (κ3) is 2.58. The van der Waals surface area contributed by atoms with E-state index in [4.69, 9.17) is 5.10 Å². The summed E-state index contributed by atoms with van der Waals surface area (Å²) in [5.74, 6) is 0.826. The molecule has 3 heterocycles. The number of aromatic nitrogens is 4. The monoisotopic (exact) mass is 325 g/mol. The van der Waals surface area contributed by atoms with E-state index in [1.807, 2.05) is 16.6 Å². The Bertz CT molecular complexity index is 876. The molecule has 0 bridgehead atoms. The molecule has 1 aliphatic rings. The Labute approximate surface area is 139 Å². The molecule has 1 aliphatic heterocycles. The minimum absolute atomic E-state index is 0.826. The molecule has 118 valence electrons. The summed E-state index contributed by atoms with van der Waals surface area (Å²) in [4.78, 5) is 3.29. The molecule has 0 amide bonds. The van der Waals surface area contributed by atoms with E-state index < -0.39 is 0 Å². The summed E-state index contributed by atoms with van der Waals surface area (Å²) < 4.78 is 1.88. The van der Waals surface area contributed by atoms with Crippen LogP contribution >= 0.6 is 11.3 Å². The van der Waals surface area contributed by atoms with E-state index in [1.54, 1.807) is 11.3 Å². The Morgan fingerprint density at radius 2 is 2.09 bits per heavy atom. The first-order valence-corrected chi connectivity index (χ1v) is 8.78. The van der Waals surface area contributed by atoms with E-state index in [-0.39, 0.29) is 0 Å². The van der Waals surface area contributed by atoms with Crippen molar-refractivity contribution in [3.63, 3.8) is 0 Å². The van der Waals surface area contributed by atoms with E-state index in [0.717, 1.165) is 47.4 Å². The molecule has 2 aromatic heterocycles. The van der Waals surface area contributed by atoms with Crippen molar-refractivity contribution in [2.24, 2.45) is 0 Å². The van der Waals surface area contributed by atoms with Gasteiger partial charge in [0.25, 0.3) is 0 Å². The quantitative estimate of drug-likeness (QED) is 0.741. The maximum Gasteiger partial charge on any atom is 0.235 e. The molecule has 5 nitrogen and oxygen atoms in total. The minimum Gasteiger partial charge on any atom is -0.300 e. The molecular formula is C17H19N5S. The number of likely N-dealkylation sites (N-methyl/N-ethyl adjacent to an activating group) is 1. The molecule has 6 heteroatoms. The van der Waals surface area contributed by atoms with Crippen LogP contribution in [0.1, 0.15) is 23.9 Å². The third-order valence-electron chi connectivity index (χ3n) is 4.39. The van der Waals surface area contributed by atoms with E-state index in [9.17, 15) is 0 Å². The maximum absolute atomic E-state index is 4.79. The molecular weight excluding hydrogens is 306 g/mol. The van der Waals surface area contributed by atoms with Crippen LogP contribution in [0, 0.1) is 6.92 Å². The average Bonchev–Trinajstić information content (AvgIpc) is 3.16. The number of nitrogens with zero attached hydrogens (tertiary/aromatic N) is 5. The zero-order chi connectivity index (χ0) is 15.8. The molecule has 0 N–H and O–H groups in total. The SMILES string of the molecule is CCN1CC=C(c2nn3c(-c4ccccc4C)nnc3s2)CC1. The Hall–Kier alpha value is -2.05. The van der Waals surface area contributed by atoms with E-state index in [0.29, 0.717) is 0 Å². The van der Waals surface area contributed by atoms with Crippen molar-refractivity contribution in [2.45, 2.75) is 20.3 Å². The Balaban J connectivity index is 1.73. The lowest BCUT2D eigenvalue weighted by atomic mass is 10.1. The van der Waals surface area contributed by atoms with Crippen LogP contribution < -0.4 is 0 Å². The Morgan fingerprint density at radius 3 is 2.83 bits per heavy atom. The van der Waals surface area contributed by atoms with Crippen LogP contribution in [0.25, 0.3) is 21.9 Å². The molecule has 1 aromatic carbocycles. The summed E-state index contributed by atoms with van der Waals surface area (Å²) in [6.07, 6.45) is 3.35. The normalized spacial score (nSPS) is 16.0. The van der Waals surface area contributed by atoms with E-state index >= 15 is 0 Å². The van der Waals surface area contributed by atoms with Crippen molar-refractivity contribution < 1.29 is 0 Å². The van der Waals surface area contributed by atoms with Gasteiger partial charge in [0.2, 0.25) is 4.96 Å². The van der Waals surface area contributed by atoms with Crippen LogP contribution in [-0.4, -0.2) is 44.3 Å². The van der Waals surface area contributed by atoms with Gasteiger partial charge in [-0.15, -0.1) is 10.2 Å². The summed E-state index contributed by atoms with van der Waals surface area (Å²) in [5.41, 5.74) is 3.61. The number of benzene rings is 1. The van der Waals surface area contributed by atoms with Gasteiger partial charge in [-0.05, 0) is 31.0 Å². The van der Waals surface area contributed by atoms with E-state index in [2.05, 4.69) is 47.2 Å². The minimum atomic E-state index is 0.826. The van der Waals surface area contributed by atoms with Crippen molar-refractivity contribution in [2.75, 3.05) is 19.6 Å². The molecule has 3 aromatic rings. The second-order valence-corrected chi connectivity index (χ2v) is 6.77. The number of hydrogen-bond acceptors (Lipinski definition) is 5. The van der Waals surface area contributed by atoms with Crippen LogP contribution in [0.2, 0.25) is 0 Å². The fourth-order valence-electron chi connectivity index (χ4n) is 2.93. The predicted octanol–water partition coefficient (Wildman–Crippen LogP) is 3.27. The fourth-order valence-corrected chi connectivity index (χ4v) is 3.84. The molecule has 0 aliphatic carbocycles. The number of aryl methyl sites for hydroxylation is 1. The van der Waals surface area contributed by atoms with Gasteiger partial charge in [-0.1, -0.05) is 48.6 Å². The van der Waals surface area contributed by atoms with Crippen molar-refractivity contribution >= 4 is 21.9 Å². The predicted molar refractivity (Wildman–Crippen MR) is 93.5 cm³/mol. The maximum atomic E-state index is 4.79. The van der Waals surface area contributed by atoms with Gasteiger partial charge in [0, 0.05) is 18.7 Å². The van der Waals surface area contributed by atoms with Crippen molar-refractivity contribution in [1.29, 1.82) is 0 Å². The summed E-state index contributed by atoms with van der Waals surface area (Å²) in [5, 5.41) is 14.5. The summed E-state index contributed by atoms with van der Waals surface area (Å²) >= 11 is 1.63. The first-order valence-electron chi connectivity index (χ1n) is 7.96. The van der Waals surface area contributed by atoms with Gasteiger partial charge >= 0.3 is 0 Å². The molecule has 0 spiro atoms. The summed E-state index contributed by atoms with van der Waals surface area (Å²) in [7, 11) is 0. The van der Waals surface area contributed by atoms with Crippen molar-refractivity contribution in [3.05, 3.63) is 40.9 Å². The standard InChI is InChI=1S/C17H19N5S/c1-3-21-10-8-13(9-11-21)16-20-22-15(18-19-17(22)23-16)14-7-5-4-6-12(14)2/h4-8H,3,9-11H2,1-2H3. The number of hydrogen-bond donors (Lipinski definition) is 0. The molecule has 0 atom stereocenters. The average molecular weight is 325 g/mol. The van der Waals surface area contributed by atoms with Gasteiger partial charge in [-0.2, -0.15) is 9.61 Å². The summed E-state index contributed by atoms with van der Waals surface area (Å²) in [6, 6.07) is 8.23. The topological polar surface area (TPSA) is 46.3 Å². The lowest BCUT2D eigenvalue weighted by molar-refractivity contribution is 0.318. The Kier molecular flexibility index (Phi) is 3.71. The first-order chi connectivity index (χ1) is 11.3. The van der Waals surface area contributed by atoms with Gasteiger partial charge < -0.3 is 0 Å². The Morgan fingerprint density at radius 1 is 1.22 bits per heavy atom. The number of rotatable bonds is 3. The summed E-state index contributed by atoms with van der Waals surface area (Å²) in [6.45, 7) is 7.51. The first kappa shape index (κ1) is 14.5. The molecule has 0 fully saturated rings. The zero-order valence-corrected chi connectivity index (χ0v) is 14.2. The van der Waals surface area contributed by atoms with Crippen LogP contribution in [0.15, 0.2) is 30.3 Å². The molecule has 4 rings (SSSR count). The van der Waals surface area contributed by atoms with Gasteiger partial charge in [-0.3, -0.25) is 4.90 Å². The van der Waals surface area contributed by atoms with Crippen LogP contribution in [0.4, 0.5) is 0 Å². The second kappa shape index (κ2) is 5.86. The largest absolute Gasteiger partial charge is 0.300 e. The zero-order valence-electron chi connectivity index (χ0n) is 13.4. The van der Waals surface area contributed by atoms with Crippen molar-refractivity contribution in [3.8, 4) is 11.4 Å².